The molecule has 0 nitrogen and oxygen atoms in total. The van der Waals surface area contributed by atoms with E-state index in [-0.39, 0.29) is 0 Å². The van der Waals surface area contributed by atoms with Crippen LogP contribution in [-0.4, -0.2) is 16.3 Å². The van der Waals surface area contributed by atoms with E-state index < -0.39 is 0 Å². The summed E-state index contributed by atoms with van der Waals surface area (Å²) in [5.41, 5.74) is 0. The average molecular weight is 183 g/mol. The molecule has 0 amide bonds. The Labute approximate surface area is 65.5 Å². The van der Waals surface area contributed by atoms with Gasteiger partial charge in [0.05, 0.1) is 0 Å². The Morgan fingerprint density at radius 2 is 1.62 bits per heavy atom. The van der Waals surface area contributed by atoms with Crippen LogP contribution < -0.4 is 4.43 Å². The summed E-state index contributed by atoms with van der Waals surface area (Å²) in [5.74, 6) is 0. The van der Waals surface area contributed by atoms with E-state index in [9.17, 15) is 0 Å². The summed E-state index contributed by atoms with van der Waals surface area (Å²) in [7, 11) is 0. The molecule has 0 fully saturated rings. The first-order chi connectivity index (χ1) is 3.79. The number of benzene rings is 1. The molecule has 0 saturated carbocycles. The van der Waals surface area contributed by atoms with Crippen molar-refractivity contribution in [2.75, 3.05) is 0 Å². The van der Waals surface area contributed by atoms with E-state index >= 15 is 0 Å². The van der Waals surface area contributed by atoms with Crippen LogP contribution in [0.3, 0.4) is 0 Å². The maximum absolute atomic E-state index is 3.34. The summed E-state index contributed by atoms with van der Waals surface area (Å²) < 4.78 is 2.34. The standard InChI is InChI=1S/C6H4Br.Al/c7-6-4-2-1-3-5-6;/h2-5H;/q;+2. The number of hydrogen-bond donors (Lipinski definition) is 0. The van der Waals surface area contributed by atoms with Gasteiger partial charge in [-0.25, -0.2) is 0 Å². The zero-order valence-electron chi connectivity index (χ0n) is 4.26. The summed E-state index contributed by atoms with van der Waals surface area (Å²) in [5, 5.41) is 0. The number of rotatable bonds is 0. The van der Waals surface area contributed by atoms with Crippen molar-refractivity contribution in [3.05, 3.63) is 28.7 Å². The van der Waals surface area contributed by atoms with Gasteiger partial charge in [-0.1, -0.05) is 0 Å². The molecule has 0 bridgehead atoms. The SMILES string of the molecule is [Al+2][c]1ccc(Br)cc1. The summed E-state index contributed by atoms with van der Waals surface area (Å²) in [6.45, 7) is 0. The van der Waals surface area contributed by atoms with Crippen LogP contribution in [0.15, 0.2) is 28.7 Å². The molecule has 8 heavy (non-hydrogen) atoms. The first-order valence-electron chi connectivity index (χ1n) is 2.30. The van der Waals surface area contributed by atoms with Gasteiger partial charge >= 0.3 is 65.4 Å². The second-order valence-electron chi connectivity index (χ2n) is 1.55. The maximum atomic E-state index is 3.34. The Balaban J connectivity index is 3.03. The molecular formula is C6H4AlBr+2. The molecule has 1 aromatic carbocycles. The molecule has 0 atom stereocenters. The van der Waals surface area contributed by atoms with Crippen molar-refractivity contribution in [3.63, 3.8) is 0 Å². The van der Waals surface area contributed by atoms with E-state index in [0.29, 0.717) is 0 Å². The van der Waals surface area contributed by atoms with Gasteiger partial charge in [-0.05, 0) is 0 Å². The fourth-order valence-corrected chi connectivity index (χ4v) is 0.920. The first-order valence-corrected chi connectivity index (χ1v) is 3.67. The van der Waals surface area contributed by atoms with Gasteiger partial charge in [0, 0.05) is 0 Å². The van der Waals surface area contributed by atoms with E-state index in [2.05, 4.69) is 32.2 Å². The summed E-state index contributed by atoms with van der Waals surface area (Å²) in [6, 6.07) is 8.11. The van der Waals surface area contributed by atoms with Gasteiger partial charge in [-0.15, -0.1) is 0 Å². The van der Waals surface area contributed by atoms with Gasteiger partial charge in [0.25, 0.3) is 0 Å². The molecule has 0 aliphatic carbocycles. The van der Waals surface area contributed by atoms with Crippen molar-refractivity contribution >= 4 is 36.6 Å². The van der Waals surface area contributed by atoms with Crippen LogP contribution in [0.4, 0.5) is 0 Å². The first kappa shape index (κ1) is 6.35. The van der Waals surface area contributed by atoms with Crippen LogP contribution >= 0.6 is 15.9 Å². The van der Waals surface area contributed by atoms with Gasteiger partial charge < -0.3 is 0 Å². The van der Waals surface area contributed by atoms with Crippen molar-refractivity contribution < 1.29 is 0 Å². The van der Waals surface area contributed by atoms with Crippen molar-refractivity contribution in [3.8, 4) is 0 Å². The molecule has 2 heteroatoms. The summed E-state index contributed by atoms with van der Waals surface area (Å²) in [6.07, 6.45) is 0. The second-order valence-corrected chi connectivity index (χ2v) is 3.13. The van der Waals surface area contributed by atoms with Gasteiger partial charge in [0.2, 0.25) is 0 Å². The average Bonchev–Trinajstić information content (AvgIpc) is 1.77. The quantitative estimate of drug-likeness (QED) is 0.531. The third-order valence-electron chi connectivity index (χ3n) is 0.870. The summed E-state index contributed by atoms with van der Waals surface area (Å²) in [4.78, 5) is 0. The van der Waals surface area contributed by atoms with Crippen LogP contribution in [0, 0.1) is 0 Å². The molecule has 0 heterocycles. The zero-order valence-corrected chi connectivity index (χ0v) is 7.01. The van der Waals surface area contributed by atoms with E-state index in [1.54, 1.807) is 0 Å². The molecular weight excluding hydrogens is 179 g/mol. The van der Waals surface area contributed by atoms with Crippen LogP contribution in [-0.2, 0) is 0 Å². The Kier molecular flexibility index (Phi) is 2.13. The van der Waals surface area contributed by atoms with Crippen molar-refractivity contribution in [2.24, 2.45) is 0 Å². The molecule has 0 aliphatic heterocycles. The van der Waals surface area contributed by atoms with Crippen molar-refractivity contribution in [1.82, 2.24) is 0 Å². The van der Waals surface area contributed by atoms with E-state index in [1.807, 2.05) is 24.3 Å². The normalized spacial score (nSPS) is 9.38. The molecule has 0 N–H and O–H groups in total. The van der Waals surface area contributed by atoms with Gasteiger partial charge in [0.15, 0.2) is 0 Å². The predicted octanol–water partition coefficient (Wildman–Crippen LogP) is 1.24. The number of halogens is 1. The third-order valence-corrected chi connectivity index (χ3v) is 1.78. The minimum atomic E-state index is 1.13. The molecule has 0 saturated heterocycles. The number of hydrogen-bond acceptors (Lipinski definition) is 0. The van der Waals surface area contributed by atoms with Crippen LogP contribution in [0.2, 0.25) is 0 Å². The van der Waals surface area contributed by atoms with E-state index in [1.165, 1.54) is 4.43 Å². The van der Waals surface area contributed by atoms with Crippen LogP contribution in [0.5, 0.6) is 0 Å². The van der Waals surface area contributed by atoms with E-state index in [4.69, 9.17) is 0 Å². The molecule has 0 radical (unpaired) electrons. The van der Waals surface area contributed by atoms with Gasteiger partial charge in [-0.3, -0.25) is 0 Å². The van der Waals surface area contributed by atoms with Gasteiger partial charge in [-0.2, -0.15) is 0 Å². The molecule has 1 aromatic rings. The monoisotopic (exact) mass is 182 g/mol. The summed E-state index contributed by atoms with van der Waals surface area (Å²) >= 11 is 5.97. The second kappa shape index (κ2) is 2.68. The van der Waals surface area contributed by atoms with Crippen LogP contribution in [0.1, 0.15) is 0 Å². The zero-order chi connectivity index (χ0) is 5.98. The molecule has 0 spiro atoms. The Hall–Kier alpha value is 0.232. The molecule has 36 valence electrons. The topological polar surface area (TPSA) is 0 Å². The molecule has 0 aromatic heterocycles. The minimum absolute atomic E-state index is 1.13. The third kappa shape index (κ3) is 1.63. The molecule has 1 rings (SSSR count). The van der Waals surface area contributed by atoms with Crippen molar-refractivity contribution in [2.45, 2.75) is 0 Å². The van der Waals surface area contributed by atoms with Crippen molar-refractivity contribution in [1.29, 1.82) is 0 Å². The van der Waals surface area contributed by atoms with Gasteiger partial charge in [0.1, 0.15) is 0 Å². The predicted molar refractivity (Wildman–Crippen MR) is 39.5 cm³/mol. The van der Waals surface area contributed by atoms with Crippen LogP contribution in [0.25, 0.3) is 0 Å². The Morgan fingerprint density at radius 3 is 2.00 bits per heavy atom. The molecule has 0 aliphatic rings. The Bertz CT molecular complexity index is 147. The fraction of sp³-hybridized carbons (Fsp3) is 0. The Morgan fingerprint density at radius 1 is 1.12 bits per heavy atom. The van der Waals surface area contributed by atoms with E-state index in [0.717, 1.165) is 4.47 Å². The molecule has 0 unspecified atom stereocenters. The fourth-order valence-electron chi connectivity index (χ4n) is 0.463.